The maximum absolute atomic E-state index is 5.35. The molecule has 0 N–H and O–H groups in total. The molecular formula is C133H87N13. The van der Waals surface area contributed by atoms with Crippen molar-refractivity contribution in [1.82, 2.24) is 44.9 Å². The van der Waals surface area contributed by atoms with Crippen LogP contribution in [0.15, 0.2) is 528 Å². The number of rotatable bonds is 11. The fourth-order valence-corrected chi connectivity index (χ4v) is 24.5. The first kappa shape index (κ1) is 84.7. The molecule has 29 rings (SSSR count). The first-order chi connectivity index (χ1) is 72.4. The predicted molar refractivity (Wildman–Crippen MR) is 584 cm³/mol. The Morgan fingerprint density at radius 3 is 0.493 bits per heavy atom. The minimum Gasteiger partial charge on any atom is -0.310 e. The van der Waals surface area contributed by atoms with Crippen LogP contribution in [-0.2, 0) is 21.7 Å². The highest BCUT2D eigenvalue weighted by molar-refractivity contribution is 5.99. The van der Waals surface area contributed by atoms with Crippen LogP contribution in [0.2, 0.25) is 0 Å². The van der Waals surface area contributed by atoms with Gasteiger partial charge in [-0.2, -0.15) is 19.9 Å². The molecule has 13 nitrogen and oxygen atoms in total. The minimum absolute atomic E-state index is 0.538. The van der Waals surface area contributed by atoms with E-state index in [0.29, 0.717) is 52.7 Å². The lowest BCUT2D eigenvalue weighted by Crippen LogP contribution is -2.49. The zero-order valence-corrected chi connectivity index (χ0v) is 79.0. The van der Waals surface area contributed by atoms with Crippen LogP contribution in [0.4, 0.5) is 68.8 Å². The van der Waals surface area contributed by atoms with E-state index in [1.54, 1.807) is 0 Å². The van der Waals surface area contributed by atoms with Gasteiger partial charge in [0.15, 0.2) is 40.8 Å². The van der Waals surface area contributed by atoms with Crippen LogP contribution in [0.25, 0.3) is 79.7 Å². The number of para-hydroxylation sites is 10. The molecule has 23 aromatic rings. The number of aromatic nitrogens is 9. The average Bonchev–Trinajstić information content (AvgIpc) is 0.654. The minimum atomic E-state index is -0.802. The number of nitrogens with zero attached hydrogens (tertiary/aromatic N) is 13. The van der Waals surface area contributed by atoms with Gasteiger partial charge in [0.2, 0.25) is 11.9 Å². The van der Waals surface area contributed by atoms with Gasteiger partial charge in [0.05, 0.1) is 67.2 Å². The topological polar surface area (TPSA) is 129 Å². The molecule has 6 aliphatic rings. The highest BCUT2D eigenvalue weighted by atomic mass is 15.3. The molecule has 0 unspecified atom stereocenters. The molecule has 13 heteroatoms. The van der Waals surface area contributed by atoms with E-state index in [-0.39, 0.29) is 0 Å². The third-order valence-electron chi connectivity index (χ3n) is 30.2. The Bertz CT molecular complexity index is 8360. The summed E-state index contributed by atoms with van der Waals surface area (Å²) in [4.78, 5) is 56.8. The fraction of sp³-hybridized carbons (Fsp3) is 0.0301. The molecule has 0 fully saturated rings. The second kappa shape index (κ2) is 34.3. The summed E-state index contributed by atoms with van der Waals surface area (Å²) in [6.45, 7) is 0. The van der Waals surface area contributed by atoms with Crippen molar-refractivity contribution in [3.63, 3.8) is 0 Å². The molecule has 0 bridgehead atoms. The molecule has 3 aromatic heterocycles. The summed E-state index contributed by atoms with van der Waals surface area (Å²) in [5, 5.41) is 0. The Kier molecular flexibility index (Phi) is 19.9. The van der Waals surface area contributed by atoms with Crippen molar-refractivity contribution in [2.75, 3.05) is 19.6 Å². The van der Waals surface area contributed by atoms with Crippen molar-refractivity contribution in [3.05, 3.63) is 617 Å². The SMILES string of the molecule is c1ccc(-c2nc(-c3ccccc3)nc(-c3ccc4c(c3)C3(c5ccccc5N(c5ccccc5)c5ccccc53)c3ccccc3C43c4ccccc4N(c4ccccc4)c4ccccc43)n2)cc1.c1ccc(-c2nc(-c3ccccc3)nc(N3c4ccccc4C4(c5ccccc53)c3ccccc3C3(c5ccccc5N(c5nc(-c6ccccc6)nc(-c6ccccc6)n5)c5ccccc53)c3ccccc34)n2)cc1. The van der Waals surface area contributed by atoms with Crippen LogP contribution in [-0.4, -0.2) is 44.9 Å². The molecule has 0 amide bonds. The van der Waals surface area contributed by atoms with E-state index < -0.39 is 21.7 Å². The normalized spacial score (nSPS) is 14.1. The van der Waals surface area contributed by atoms with Crippen molar-refractivity contribution in [2.45, 2.75) is 21.7 Å². The van der Waals surface area contributed by atoms with Gasteiger partial charge in [-0.25, -0.2) is 24.9 Å². The first-order valence-corrected chi connectivity index (χ1v) is 49.6. The van der Waals surface area contributed by atoms with Gasteiger partial charge < -0.3 is 9.80 Å². The van der Waals surface area contributed by atoms with E-state index in [0.717, 1.165) is 118 Å². The number of hydrogen-bond acceptors (Lipinski definition) is 13. The molecular weight excluding hydrogens is 1780 g/mol. The van der Waals surface area contributed by atoms with Crippen molar-refractivity contribution >= 4 is 68.8 Å². The molecule has 20 aromatic carbocycles. The van der Waals surface area contributed by atoms with Gasteiger partial charge in [-0.15, -0.1) is 0 Å². The standard InChI is InChI=1S/C68H44N8.C65H43N5/c1-5-25-45(26-6-1)61-69-62(46-27-7-2-8-28-46)72-65(71-61)75-57-41-21-17-37-53(57)67(54-38-18-22-42-58(54)75)49-33-13-15-35-51(49)68(52-36-16-14-34-50(52)67)55-39-19-23-43-59(55)76(60-44-24-20-40-56(60)68)66-73-63(47-29-9-3-10-30-47)70-64(74-66)48-31-11-4-12-32-48;1-5-23-44(24-6-1)61-66-62(45-25-7-2-8-26-45)68-63(67-61)46-41-42-51-56(43-46)65(54-35-17-21-39-59(54)70(48-29-11-4-12-30-48)60-40-22-18-36-55(60)65)50-32-14-13-31-49(50)64(51)52-33-15-19-37-57(52)69(47-27-9-3-10-28-47)58-38-20-16-34-53(58)64/h1-44H;1-43H. The third kappa shape index (κ3) is 12.7. The quantitative estimate of drug-likeness (QED) is 0.122. The van der Waals surface area contributed by atoms with Gasteiger partial charge in [-0.1, -0.05) is 449 Å². The summed E-state index contributed by atoms with van der Waals surface area (Å²) in [5.74, 6) is 5.34. The lowest BCUT2D eigenvalue weighted by molar-refractivity contribution is 0.606. The monoisotopic (exact) mass is 1870 g/mol. The van der Waals surface area contributed by atoms with E-state index >= 15 is 0 Å². The Morgan fingerprint density at radius 1 is 0.116 bits per heavy atom. The van der Waals surface area contributed by atoms with Crippen LogP contribution >= 0.6 is 0 Å². The second-order valence-corrected chi connectivity index (χ2v) is 37.6. The zero-order chi connectivity index (χ0) is 96.4. The summed E-state index contributed by atoms with van der Waals surface area (Å²) in [5.41, 5.74) is 32.9. The van der Waals surface area contributed by atoms with Crippen LogP contribution in [0.1, 0.15) is 89.0 Å². The lowest BCUT2D eigenvalue weighted by Gasteiger charge is -2.56. The fourth-order valence-electron chi connectivity index (χ4n) is 24.5. The molecule has 4 aliphatic heterocycles. The molecule has 0 saturated heterocycles. The van der Waals surface area contributed by atoms with Gasteiger partial charge >= 0.3 is 0 Å². The Labute approximate surface area is 845 Å². The Hall–Kier alpha value is -19.4. The maximum atomic E-state index is 5.35. The Morgan fingerprint density at radius 2 is 0.274 bits per heavy atom. The Balaban J connectivity index is 0.000000142. The van der Waals surface area contributed by atoms with Gasteiger partial charge in [0, 0.05) is 50.3 Å². The molecule has 684 valence electrons. The van der Waals surface area contributed by atoms with Crippen molar-refractivity contribution < 1.29 is 0 Å². The van der Waals surface area contributed by atoms with Crippen LogP contribution < -0.4 is 19.6 Å². The predicted octanol–water partition coefficient (Wildman–Crippen LogP) is 30.9. The van der Waals surface area contributed by atoms with Crippen molar-refractivity contribution in [1.29, 1.82) is 0 Å². The van der Waals surface area contributed by atoms with E-state index in [1.165, 1.54) is 66.8 Å². The number of hydrogen-bond donors (Lipinski definition) is 0. The van der Waals surface area contributed by atoms with Crippen LogP contribution in [0.3, 0.4) is 0 Å². The number of fused-ring (bicyclic) bond motifs is 28. The van der Waals surface area contributed by atoms with Crippen molar-refractivity contribution in [3.8, 4) is 79.7 Å². The van der Waals surface area contributed by atoms with Gasteiger partial charge in [0.25, 0.3) is 0 Å². The van der Waals surface area contributed by atoms with E-state index in [2.05, 4.69) is 438 Å². The third-order valence-corrected chi connectivity index (χ3v) is 30.2. The molecule has 0 saturated carbocycles. The second-order valence-electron chi connectivity index (χ2n) is 37.6. The maximum Gasteiger partial charge on any atom is 0.238 e. The van der Waals surface area contributed by atoms with Gasteiger partial charge in [-0.3, -0.25) is 9.80 Å². The van der Waals surface area contributed by atoms with Gasteiger partial charge in [-0.05, 0) is 168 Å². The van der Waals surface area contributed by atoms with E-state index in [4.69, 9.17) is 44.9 Å². The number of anilines is 12. The largest absolute Gasteiger partial charge is 0.310 e. The zero-order valence-electron chi connectivity index (χ0n) is 79.0. The van der Waals surface area contributed by atoms with Crippen molar-refractivity contribution in [2.24, 2.45) is 0 Å². The molecule has 2 aliphatic carbocycles. The summed E-state index contributed by atoms with van der Waals surface area (Å²) >= 11 is 0. The number of benzene rings is 20. The molecule has 4 spiro atoms. The van der Waals surface area contributed by atoms with Gasteiger partial charge in [0.1, 0.15) is 0 Å². The van der Waals surface area contributed by atoms with E-state index in [1.807, 2.05) is 109 Å². The smallest absolute Gasteiger partial charge is 0.238 e. The first-order valence-electron chi connectivity index (χ1n) is 49.6. The summed E-state index contributed by atoms with van der Waals surface area (Å²) < 4.78 is 0. The molecule has 7 heterocycles. The molecule has 0 radical (unpaired) electrons. The van der Waals surface area contributed by atoms with Crippen LogP contribution in [0.5, 0.6) is 0 Å². The average molecular weight is 1870 g/mol. The summed E-state index contributed by atoms with van der Waals surface area (Å²) in [6, 6.07) is 189. The van der Waals surface area contributed by atoms with E-state index in [9.17, 15) is 0 Å². The van der Waals surface area contributed by atoms with Crippen LogP contribution in [0, 0.1) is 0 Å². The molecule has 146 heavy (non-hydrogen) atoms. The summed E-state index contributed by atoms with van der Waals surface area (Å²) in [6.07, 6.45) is 0. The molecule has 0 atom stereocenters. The summed E-state index contributed by atoms with van der Waals surface area (Å²) in [7, 11) is 0. The lowest BCUT2D eigenvalue weighted by atomic mass is 9.49. The highest BCUT2D eigenvalue weighted by Gasteiger charge is 2.62. The highest BCUT2D eigenvalue weighted by Crippen LogP contribution is 2.71.